The number of pyridine rings is 1. The lowest BCUT2D eigenvalue weighted by Gasteiger charge is -2.19. The van der Waals surface area contributed by atoms with Gasteiger partial charge in [0.1, 0.15) is 6.10 Å². The van der Waals surface area contributed by atoms with E-state index in [2.05, 4.69) is 15.6 Å². The molecule has 0 aromatic carbocycles. The van der Waals surface area contributed by atoms with Gasteiger partial charge >= 0.3 is 6.03 Å². The Balaban J connectivity index is 1.21. The van der Waals surface area contributed by atoms with Crippen LogP contribution in [0.15, 0.2) is 18.3 Å². The van der Waals surface area contributed by atoms with E-state index in [-0.39, 0.29) is 18.2 Å². The summed E-state index contributed by atoms with van der Waals surface area (Å²) in [5, 5.41) is 5.97. The molecule has 136 valence electrons. The molecule has 2 amide bonds. The number of ether oxygens (including phenoxy) is 2. The van der Waals surface area contributed by atoms with Gasteiger partial charge in [0.2, 0.25) is 5.88 Å². The molecule has 0 spiro atoms. The quantitative estimate of drug-likeness (QED) is 0.831. The zero-order valence-electron chi connectivity index (χ0n) is 14.6. The molecular formula is C19H27N3O3. The summed E-state index contributed by atoms with van der Waals surface area (Å²) in [6.45, 7) is 1.21. The standard InChI is InChI=1S/C19H27N3O3/c23-19(22-16-9-10-24-18(16)14-6-7-14)21-12-13-5-8-17(20-11-13)25-15-3-1-2-4-15/h5,8,11,14-16,18H,1-4,6-7,9-10,12H2,(H2,21,22,23). The van der Waals surface area contributed by atoms with Crippen LogP contribution in [-0.4, -0.2) is 35.9 Å². The molecule has 3 aliphatic rings. The van der Waals surface area contributed by atoms with Crippen molar-refractivity contribution in [2.45, 2.75) is 69.7 Å². The SMILES string of the molecule is O=C(NCc1ccc(OC2CCCC2)nc1)NC1CCOC1C1CC1. The Morgan fingerprint density at radius 2 is 2.04 bits per heavy atom. The largest absolute Gasteiger partial charge is 0.474 e. The third-order valence-electron chi connectivity index (χ3n) is 5.38. The zero-order valence-corrected chi connectivity index (χ0v) is 14.6. The molecular weight excluding hydrogens is 318 g/mol. The molecule has 6 nitrogen and oxygen atoms in total. The van der Waals surface area contributed by atoms with Crippen molar-refractivity contribution in [3.8, 4) is 5.88 Å². The van der Waals surface area contributed by atoms with E-state index in [1.165, 1.54) is 25.7 Å². The summed E-state index contributed by atoms with van der Waals surface area (Å²) in [5.41, 5.74) is 0.968. The van der Waals surface area contributed by atoms with Gasteiger partial charge < -0.3 is 20.1 Å². The highest BCUT2D eigenvalue weighted by molar-refractivity contribution is 5.74. The first kappa shape index (κ1) is 16.6. The number of nitrogens with zero attached hydrogens (tertiary/aromatic N) is 1. The summed E-state index contributed by atoms with van der Waals surface area (Å²) in [6.07, 6.45) is 10.4. The molecule has 2 atom stereocenters. The minimum Gasteiger partial charge on any atom is -0.474 e. The van der Waals surface area contributed by atoms with E-state index >= 15 is 0 Å². The van der Waals surface area contributed by atoms with Gasteiger partial charge in [-0.25, -0.2) is 9.78 Å². The first-order valence-electron chi connectivity index (χ1n) is 9.55. The maximum absolute atomic E-state index is 12.1. The number of aromatic nitrogens is 1. The summed E-state index contributed by atoms with van der Waals surface area (Å²) in [5.74, 6) is 1.32. The number of carbonyl (C=O) groups excluding carboxylic acids is 1. The van der Waals surface area contributed by atoms with Crippen LogP contribution in [0.4, 0.5) is 4.79 Å². The van der Waals surface area contributed by atoms with Gasteiger partial charge in [0.05, 0.1) is 12.1 Å². The second-order valence-corrected chi connectivity index (χ2v) is 7.42. The summed E-state index contributed by atoms with van der Waals surface area (Å²) >= 11 is 0. The topological polar surface area (TPSA) is 72.5 Å². The van der Waals surface area contributed by atoms with Crippen LogP contribution < -0.4 is 15.4 Å². The predicted molar refractivity (Wildman–Crippen MR) is 93.4 cm³/mol. The molecule has 2 heterocycles. The molecule has 2 N–H and O–H groups in total. The third-order valence-corrected chi connectivity index (χ3v) is 5.38. The zero-order chi connectivity index (χ0) is 17.1. The Bertz CT molecular complexity index is 582. The van der Waals surface area contributed by atoms with E-state index in [9.17, 15) is 4.79 Å². The lowest BCUT2D eigenvalue weighted by molar-refractivity contribution is 0.0825. The number of hydrogen-bond donors (Lipinski definition) is 2. The Morgan fingerprint density at radius 3 is 2.76 bits per heavy atom. The van der Waals surface area contributed by atoms with Crippen LogP contribution in [0, 0.1) is 5.92 Å². The minimum absolute atomic E-state index is 0.132. The van der Waals surface area contributed by atoms with Crippen LogP contribution in [0.1, 0.15) is 50.5 Å². The van der Waals surface area contributed by atoms with Crippen molar-refractivity contribution in [1.82, 2.24) is 15.6 Å². The average Bonchev–Trinajstić information content (AvgIpc) is 3.14. The number of carbonyl (C=O) groups is 1. The smallest absolute Gasteiger partial charge is 0.315 e. The van der Waals surface area contributed by atoms with Crippen molar-refractivity contribution in [3.63, 3.8) is 0 Å². The lowest BCUT2D eigenvalue weighted by Crippen LogP contribution is -2.46. The fourth-order valence-electron chi connectivity index (χ4n) is 3.82. The van der Waals surface area contributed by atoms with Crippen molar-refractivity contribution in [2.75, 3.05) is 6.61 Å². The lowest BCUT2D eigenvalue weighted by atomic mass is 10.1. The number of hydrogen-bond acceptors (Lipinski definition) is 4. The molecule has 1 aromatic rings. The Kier molecular flexibility index (Phi) is 5.06. The Morgan fingerprint density at radius 1 is 1.20 bits per heavy atom. The number of urea groups is 1. The molecule has 2 aliphatic carbocycles. The van der Waals surface area contributed by atoms with Crippen molar-refractivity contribution in [1.29, 1.82) is 0 Å². The van der Waals surface area contributed by atoms with E-state index in [0.717, 1.165) is 31.4 Å². The molecule has 4 rings (SSSR count). The van der Waals surface area contributed by atoms with E-state index in [1.54, 1.807) is 6.20 Å². The molecule has 0 bridgehead atoms. The predicted octanol–water partition coefficient (Wildman–Crippen LogP) is 2.77. The van der Waals surface area contributed by atoms with Crippen LogP contribution in [-0.2, 0) is 11.3 Å². The number of rotatable bonds is 6. The monoisotopic (exact) mass is 345 g/mol. The Labute approximate surface area is 148 Å². The van der Waals surface area contributed by atoms with Gasteiger partial charge in [0, 0.05) is 25.4 Å². The molecule has 1 aliphatic heterocycles. The molecule has 2 unspecified atom stereocenters. The highest BCUT2D eigenvalue weighted by atomic mass is 16.5. The molecule has 25 heavy (non-hydrogen) atoms. The first-order chi connectivity index (χ1) is 12.3. The summed E-state index contributed by atoms with van der Waals surface area (Å²) < 4.78 is 11.6. The molecule has 6 heteroatoms. The second kappa shape index (κ2) is 7.60. The number of amides is 2. The molecule has 0 radical (unpaired) electrons. The van der Waals surface area contributed by atoms with Crippen molar-refractivity contribution in [3.05, 3.63) is 23.9 Å². The maximum atomic E-state index is 12.1. The van der Waals surface area contributed by atoms with Crippen LogP contribution >= 0.6 is 0 Å². The highest BCUT2D eigenvalue weighted by Crippen LogP contribution is 2.38. The van der Waals surface area contributed by atoms with E-state index in [1.807, 2.05) is 12.1 Å². The summed E-state index contributed by atoms with van der Waals surface area (Å²) in [6, 6.07) is 3.87. The van der Waals surface area contributed by atoms with Gasteiger partial charge in [-0.3, -0.25) is 0 Å². The molecule has 1 aromatic heterocycles. The second-order valence-electron chi connectivity index (χ2n) is 7.42. The van der Waals surface area contributed by atoms with Gasteiger partial charge in [-0.15, -0.1) is 0 Å². The van der Waals surface area contributed by atoms with Gasteiger partial charge in [-0.05, 0) is 56.4 Å². The highest BCUT2D eigenvalue weighted by Gasteiger charge is 2.41. The molecule has 1 saturated heterocycles. The first-order valence-corrected chi connectivity index (χ1v) is 9.55. The van der Waals surface area contributed by atoms with Crippen LogP contribution in [0.2, 0.25) is 0 Å². The molecule has 2 saturated carbocycles. The van der Waals surface area contributed by atoms with Crippen molar-refractivity contribution < 1.29 is 14.3 Å². The van der Waals surface area contributed by atoms with Gasteiger partial charge in [-0.1, -0.05) is 6.07 Å². The van der Waals surface area contributed by atoms with Gasteiger partial charge in [0.15, 0.2) is 0 Å². The minimum atomic E-state index is -0.132. The van der Waals surface area contributed by atoms with Gasteiger partial charge in [-0.2, -0.15) is 0 Å². The summed E-state index contributed by atoms with van der Waals surface area (Å²) in [4.78, 5) is 16.5. The van der Waals surface area contributed by atoms with Crippen molar-refractivity contribution >= 4 is 6.03 Å². The molecule has 3 fully saturated rings. The summed E-state index contributed by atoms with van der Waals surface area (Å²) in [7, 11) is 0. The average molecular weight is 345 g/mol. The maximum Gasteiger partial charge on any atom is 0.315 e. The fraction of sp³-hybridized carbons (Fsp3) is 0.684. The van der Waals surface area contributed by atoms with E-state index in [0.29, 0.717) is 24.4 Å². The van der Waals surface area contributed by atoms with Crippen LogP contribution in [0.3, 0.4) is 0 Å². The van der Waals surface area contributed by atoms with Gasteiger partial charge in [0.25, 0.3) is 0 Å². The van der Waals surface area contributed by atoms with Crippen molar-refractivity contribution in [2.24, 2.45) is 5.92 Å². The Hall–Kier alpha value is -1.82. The third kappa shape index (κ3) is 4.42. The van der Waals surface area contributed by atoms with Crippen LogP contribution in [0.25, 0.3) is 0 Å². The van der Waals surface area contributed by atoms with Crippen LogP contribution in [0.5, 0.6) is 5.88 Å². The van der Waals surface area contributed by atoms with E-state index in [4.69, 9.17) is 9.47 Å². The fourth-order valence-corrected chi connectivity index (χ4v) is 3.82. The van der Waals surface area contributed by atoms with E-state index < -0.39 is 0 Å². The normalized spacial score (nSPS) is 26.6. The number of nitrogens with one attached hydrogen (secondary N) is 2.